The molecule has 1 saturated heterocycles. The van der Waals surface area contributed by atoms with Crippen LogP contribution in [-0.4, -0.2) is 32.2 Å². The Bertz CT molecular complexity index is 1390. The molecule has 2 heterocycles. The number of fused-ring (bicyclic) bond motifs is 1. The average molecular weight is 471 g/mol. The highest BCUT2D eigenvalue weighted by Gasteiger charge is 2.50. The molecule has 0 aliphatic carbocycles. The summed E-state index contributed by atoms with van der Waals surface area (Å²) in [5, 5.41) is 13.7. The third-order valence-corrected chi connectivity index (χ3v) is 5.83. The fourth-order valence-corrected chi connectivity index (χ4v) is 4.39. The highest BCUT2D eigenvalue weighted by atomic mass is 32.1. The van der Waals surface area contributed by atoms with Crippen LogP contribution in [0.4, 0.5) is 24.5 Å². The van der Waals surface area contributed by atoms with Crippen LogP contribution in [0, 0.1) is 11.3 Å². The van der Waals surface area contributed by atoms with Gasteiger partial charge in [-0.1, -0.05) is 0 Å². The second kappa shape index (κ2) is 7.38. The number of rotatable bonds is 2. The summed E-state index contributed by atoms with van der Waals surface area (Å²) in [5.41, 5.74) is -1.91. The molecule has 0 bridgehead atoms. The van der Waals surface area contributed by atoms with E-state index in [2.05, 4.69) is 5.10 Å². The molecule has 1 aromatic heterocycles. The quantitative estimate of drug-likeness (QED) is 0.512. The highest BCUT2D eigenvalue weighted by molar-refractivity contribution is 7.81. The number of halogens is 3. The van der Waals surface area contributed by atoms with Gasteiger partial charge in [0.2, 0.25) is 5.91 Å². The number of carbonyl (C=O) groups excluding carboxylic acids is 2. The van der Waals surface area contributed by atoms with Crippen molar-refractivity contribution in [3.63, 3.8) is 0 Å². The van der Waals surface area contributed by atoms with Crippen LogP contribution >= 0.6 is 12.2 Å². The number of nitrogens with zero attached hydrogens (tertiary/aromatic N) is 5. The zero-order valence-corrected chi connectivity index (χ0v) is 18.5. The highest BCUT2D eigenvalue weighted by Crippen LogP contribution is 2.40. The van der Waals surface area contributed by atoms with Crippen molar-refractivity contribution in [3.05, 3.63) is 53.7 Å². The first-order valence-corrected chi connectivity index (χ1v) is 10.1. The van der Waals surface area contributed by atoms with Crippen LogP contribution in [0.3, 0.4) is 0 Å². The van der Waals surface area contributed by atoms with E-state index in [9.17, 15) is 22.8 Å². The Morgan fingerprint density at radius 2 is 1.82 bits per heavy atom. The molecule has 0 saturated carbocycles. The predicted octanol–water partition coefficient (Wildman–Crippen LogP) is 4.50. The molecule has 0 radical (unpaired) electrons. The van der Waals surface area contributed by atoms with E-state index in [1.807, 2.05) is 0 Å². The van der Waals surface area contributed by atoms with Crippen molar-refractivity contribution in [2.24, 2.45) is 0 Å². The largest absolute Gasteiger partial charge is 0.417 e. The molecule has 33 heavy (non-hydrogen) atoms. The van der Waals surface area contributed by atoms with Crippen LogP contribution < -0.4 is 9.80 Å². The summed E-state index contributed by atoms with van der Waals surface area (Å²) in [5.74, 6) is -0.790. The molecule has 1 aliphatic rings. The van der Waals surface area contributed by atoms with Gasteiger partial charge in [-0.15, -0.1) is 0 Å². The van der Waals surface area contributed by atoms with Crippen molar-refractivity contribution in [1.29, 1.82) is 5.26 Å². The van der Waals surface area contributed by atoms with Crippen LogP contribution in [0.5, 0.6) is 0 Å². The van der Waals surface area contributed by atoms with E-state index in [-0.39, 0.29) is 16.7 Å². The van der Waals surface area contributed by atoms with Crippen LogP contribution in [0.1, 0.15) is 36.7 Å². The van der Waals surface area contributed by atoms with Gasteiger partial charge in [0.25, 0.3) is 5.91 Å². The van der Waals surface area contributed by atoms with E-state index in [4.69, 9.17) is 17.5 Å². The van der Waals surface area contributed by atoms with Crippen molar-refractivity contribution >= 4 is 51.4 Å². The third kappa shape index (κ3) is 3.43. The average Bonchev–Trinajstić information content (AvgIpc) is 3.23. The Kier molecular flexibility index (Phi) is 5.01. The van der Waals surface area contributed by atoms with Crippen molar-refractivity contribution in [2.75, 3.05) is 9.80 Å². The summed E-state index contributed by atoms with van der Waals surface area (Å²) in [6.45, 7) is 4.60. The molecule has 0 unspecified atom stereocenters. The number of nitriles is 1. The van der Waals surface area contributed by atoms with Gasteiger partial charge >= 0.3 is 6.18 Å². The summed E-state index contributed by atoms with van der Waals surface area (Å²) < 4.78 is 41.6. The van der Waals surface area contributed by atoms with Gasteiger partial charge in [0.1, 0.15) is 5.54 Å². The number of benzene rings is 2. The number of carbonyl (C=O) groups is 2. The Morgan fingerprint density at radius 1 is 1.15 bits per heavy atom. The molecule has 2 aromatic carbocycles. The predicted molar refractivity (Wildman–Crippen MR) is 119 cm³/mol. The maximum absolute atomic E-state index is 13.5. The fourth-order valence-electron chi connectivity index (χ4n) is 3.87. The summed E-state index contributed by atoms with van der Waals surface area (Å²) in [6, 6.07) is 9.58. The molecule has 7 nitrogen and oxygen atoms in total. The van der Waals surface area contributed by atoms with E-state index in [0.717, 1.165) is 17.0 Å². The van der Waals surface area contributed by atoms with Gasteiger partial charge in [-0.05, 0) is 62.5 Å². The van der Waals surface area contributed by atoms with Gasteiger partial charge in [-0.2, -0.15) is 23.5 Å². The van der Waals surface area contributed by atoms with Gasteiger partial charge in [-0.25, -0.2) is 4.68 Å². The first-order chi connectivity index (χ1) is 15.4. The lowest BCUT2D eigenvalue weighted by molar-refractivity contribution is -0.137. The van der Waals surface area contributed by atoms with Crippen molar-refractivity contribution in [1.82, 2.24) is 9.78 Å². The topological polar surface area (TPSA) is 82.2 Å². The zero-order valence-electron chi connectivity index (χ0n) is 17.6. The number of hydrogen-bond donors (Lipinski definition) is 0. The molecule has 1 aliphatic heterocycles. The van der Waals surface area contributed by atoms with Crippen LogP contribution in [0.15, 0.2) is 42.6 Å². The van der Waals surface area contributed by atoms with E-state index < -0.39 is 28.7 Å². The van der Waals surface area contributed by atoms with Crippen LogP contribution in [0.25, 0.3) is 10.9 Å². The third-order valence-electron chi connectivity index (χ3n) is 5.46. The molecule has 0 spiro atoms. The SMILES string of the molecule is CC(=O)n1ncc2cc(N3C(=S)N(c4ccc(C#N)c(C(F)(F)F)c4)C(=O)C3(C)C)ccc21. The van der Waals surface area contributed by atoms with Gasteiger partial charge in [0, 0.05) is 18.0 Å². The molecular weight excluding hydrogens is 455 g/mol. The molecular formula is C22H16F3N5O2S. The molecule has 0 atom stereocenters. The molecule has 11 heteroatoms. The fraction of sp³-hybridized carbons (Fsp3) is 0.227. The monoisotopic (exact) mass is 471 g/mol. The number of aromatic nitrogens is 2. The second-order valence-electron chi connectivity index (χ2n) is 7.98. The van der Waals surface area contributed by atoms with Gasteiger partial charge < -0.3 is 4.90 Å². The minimum absolute atomic E-state index is 0.0128. The first-order valence-electron chi connectivity index (χ1n) is 9.66. The number of thiocarbonyl (C=S) groups is 1. The van der Waals surface area contributed by atoms with Crippen LogP contribution in [0.2, 0.25) is 0 Å². The Hall–Kier alpha value is -3.78. The molecule has 1 amide bonds. The lowest BCUT2D eigenvalue weighted by Gasteiger charge is -2.29. The Labute approximate surface area is 191 Å². The van der Waals surface area contributed by atoms with Gasteiger partial charge in [0.15, 0.2) is 5.11 Å². The zero-order chi connectivity index (χ0) is 24.3. The molecule has 168 valence electrons. The standard InChI is InChI=1S/C22H16F3N5O2S/c1-12(31)30-18-7-6-16(8-14(18)11-27-30)29-20(33)28(19(32)21(29,2)3)15-5-4-13(10-26)17(9-15)22(23,24)25/h4-9,11H,1-3H3. The summed E-state index contributed by atoms with van der Waals surface area (Å²) in [6.07, 6.45) is -3.27. The molecule has 3 aromatic rings. The van der Waals surface area contributed by atoms with Crippen molar-refractivity contribution in [2.45, 2.75) is 32.5 Å². The van der Waals surface area contributed by atoms with E-state index in [1.54, 1.807) is 36.9 Å². The van der Waals surface area contributed by atoms with E-state index in [0.29, 0.717) is 16.6 Å². The normalized spacial score (nSPS) is 15.9. The van der Waals surface area contributed by atoms with Gasteiger partial charge in [-0.3, -0.25) is 14.5 Å². The Balaban J connectivity index is 1.81. The first kappa shape index (κ1) is 22.4. The summed E-state index contributed by atoms with van der Waals surface area (Å²) in [7, 11) is 0. The van der Waals surface area contributed by atoms with E-state index >= 15 is 0 Å². The minimum Gasteiger partial charge on any atom is -0.304 e. The lowest BCUT2D eigenvalue weighted by atomic mass is 10.0. The van der Waals surface area contributed by atoms with Crippen molar-refractivity contribution in [3.8, 4) is 6.07 Å². The molecule has 4 rings (SSSR count). The minimum atomic E-state index is -4.78. The van der Waals surface area contributed by atoms with E-state index in [1.165, 1.54) is 29.9 Å². The number of anilines is 2. The number of hydrogen-bond acceptors (Lipinski definition) is 5. The number of alkyl halides is 3. The number of amides is 1. The van der Waals surface area contributed by atoms with Crippen LogP contribution in [-0.2, 0) is 11.0 Å². The van der Waals surface area contributed by atoms with Gasteiger partial charge in [0.05, 0.1) is 34.6 Å². The Morgan fingerprint density at radius 3 is 2.42 bits per heavy atom. The molecule has 0 N–H and O–H groups in total. The summed E-state index contributed by atoms with van der Waals surface area (Å²) >= 11 is 5.53. The summed E-state index contributed by atoms with van der Waals surface area (Å²) in [4.78, 5) is 27.6. The van der Waals surface area contributed by atoms with Crippen molar-refractivity contribution < 1.29 is 22.8 Å². The maximum Gasteiger partial charge on any atom is 0.417 e. The lowest BCUT2D eigenvalue weighted by Crippen LogP contribution is -2.44. The molecule has 1 fully saturated rings. The smallest absolute Gasteiger partial charge is 0.304 e. The maximum atomic E-state index is 13.5. The second-order valence-corrected chi connectivity index (χ2v) is 8.34.